The van der Waals surface area contributed by atoms with Crippen LogP contribution < -0.4 is 5.32 Å². The number of carbonyl (C=O) groups excluding carboxylic acids is 1. The number of pyridine rings is 1. The van der Waals surface area contributed by atoms with Crippen LogP contribution in [0.1, 0.15) is 19.8 Å². The quantitative estimate of drug-likeness (QED) is 0.845. The summed E-state index contributed by atoms with van der Waals surface area (Å²) < 4.78 is 0. The number of hydrogen-bond donors (Lipinski definition) is 2. The van der Waals surface area contributed by atoms with Crippen LogP contribution in [-0.4, -0.2) is 21.1 Å². The van der Waals surface area contributed by atoms with E-state index in [0.29, 0.717) is 17.8 Å². The van der Waals surface area contributed by atoms with Crippen molar-refractivity contribution in [3.05, 3.63) is 30.7 Å². The van der Waals surface area contributed by atoms with Crippen LogP contribution in [0.15, 0.2) is 30.7 Å². The number of rotatable bonds is 4. The van der Waals surface area contributed by atoms with Crippen molar-refractivity contribution in [1.29, 1.82) is 0 Å². The summed E-state index contributed by atoms with van der Waals surface area (Å²) in [5, 5.41) is 9.70. The number of nitrogens with zero attached hydrogens (tertiary/aromatic N) is 2. The van der Waals surface area contributed by atoms with E-state index in [2.05, 4.69) is 20.5 Å². The first-order valence-electron chi connectivity index (χ1n) is 5.55. The average Bonchev–Trinajstić information content (AvgIpc) is 2.78. The molecule has 1 amide bonds. The van der Waals surface area contributed by atoms with Gasteiger partial charge >= 0.3 is 0 Å². The van der Waals surface area contributed by atoms with Gasteiger partial charge in [0.1, 0.15) is 5.69 Å². The molecule has 88 valence electrons. The Kier molecular flexibility index (Phi) is 3.49. The van der Waals surface area contributed by atoms with Crippen molar-refractivity contribution >= 4 is 11.6 Å². The first kappa shape index (κ1) is 11.3. The van der Waals surface area contributed by atoms with E-state index in [4.69, 9.17) is 0 Å². The number of hydrogen-bond acceptors (Lipinski definition) is 3. The number of anilines is 1. The van der Waals surface area contributed by atoms with Gasteiger partial charge in [-0.2, -0.15) is 5.10 Å². The summed E-state index contributed by atoms with van der Waals surface area (Å²) >= 11 is 0. The fourth-order valence-corrected chi connectivity index (χ4v) is 1.55. The van der Waals surface area contributed by atoms with Crippen molar-refractivity contribution in [2.45, 2.75) is 19.8 Å². The van der Waals surface area contributed by atoms with E-state index in [1.54, 1.807) is 18.6 Å². The highest BCUT2D eigenvalue weighted by atomic mass is 16.1. The molecule has 0 spiro atoms. The van der Waals surface area contributed by atoms with Gasteiger partial charge in [-0.1, -0.05) is 6.92 Å². The summed E-state index contributed by atoms with van der Waals surface area (Å²) in [5.74, 6) is -0.000889. The monoisotopic (exact) mass is 230 g/mol. The number of amides is 1. The maximum absolute atomic E-state index is 11.5. The largest absolute Gasteiger partial charge is 0.323 e. The van der Waals surface area contributed by atoms with Crippen LogP contribution in [0.2, 0.25) is 0 Å². The van der Waals surface area contributed by atoms with Crippen LogP contribution in [-0.2, 0) is 4.79 Å². The highest BCUT2D eigenvalue weighted by Crippen LogP contribution is 2.24. The predicted molar refractivity (Wildman–Crippen MR) is 65.4 cm³/mol. The first-order chi connectivity index (χ1) is 8.31. The fourth-order valence-electron chi connectivity index (χ4n) is 1.55. The Labute approximate surface area is 99.3 Å². The molecule has 2 N–H and O–H groups in total. The molecule has 0 bridgehead atoms. The molecule has 0 aliphatic carbocycles. The van der Waals surface area contributed by atoms with E-state index in [1.807, 2.05) is 19.1 Å². The van der Waals surface area contributed by atoms with Crippen molar-refractivity contribution in [1.82, 2.24) is 15.2 Å². The van der Waals surface area contributed by atoms with Crippen LogP contribution in [0.5, 0.6) is 0 Å². The van der Waals surface area contributed by atoms with E-state index in [9.17, 15) is 4.79 Å². The van der Waals surface area contributed by atoms with E-state index in [0.717, 1.165) is 12.0 Å². The third-order valence-corrected chi connectivity index (χ3v) is 2.33. The van der Waals surface area contributed by atoms with Gasteiger partial charge in [0.15, 0.2) is 0 Å². The number of aromatic nitrogens is 3. The molecule has 0 saturated carbocycles. The minimum atomic E-state index is -0.000889. The lowest BCUT2D eigenvalue weighted by Gasteiger charge is -2.04. The first-order valence-corrected chi connectivity index (χ1v) is 5.55. The molecule has 0 unspecified atom stereocenters. The summed E-state index contributed by atoms with van der Waals surface area (Å²) in [4.78, 5) is 15.6. The number of H-pyrrole nitrogens is 1. The molecule has 0 saturated heterocycles. The van der Waals surface area contributed by atoms with Gasteiger partial charge in [0.2, 0.25) is 5.91 Å². The molecular formula is C12H14N4O. The Bertz CT molecular complexity index is 492. The molecule has 2 aromatic rings. The van der Waals surface area contributed by atoms with Gasteiger partial charge in [0.25, 0.3) is 0 Å². The zero-order chi connectivity index (χ0) is 12.1. The zero-order valence-electron chi connectivity index (χ0n) is 9.60. The topological polar surface area (TPSA) is 70.7 Å². The van der Waals surface area contributed by atoms with Crippen LogP contribution in [0, 0.1) is 0 Å². The van der Waals surface area contributed by atoms with Gasteiger partial charge in [-0.15, -0.1) is 0 Å². The second-order valence-electron chi connectivity index (χ2n) is 3.69. The normalized spacial score (nSPS) is 10.2. The lowest BCUT2D eigenvalue weighted by molar-refractivity contribution is -0.116. The molecule has 0 atom stereocenters. The predicted octanol–water partition coefficient (Wildman–Crippen LogP) is 2.21. The Morgan fingerprint density at radius 1 is 1.53 bits per heavy atom. The lowest BCUT2D eigenvalue weighted by atomic mass is 10.2. The van der Waals surface area contributed by atoms with Crippen LogP contribution in [0.4, 0.5) is 5.69 Å². The Hall–Kier alpha value is -2.17. The Morgan fingerprint density at radius 3 is 3.12 bits per heavy atom. The van der Waals surface area contributed by atoms with Gasteiger partial charge in [0, 0.05) is 30.6 Å². The number of nitrogens with one attached hydrogen (secondary N) is 2. The molecule has 17 heavy (non-hydrogen) atoms. The van der Waals surface area contributed by atoms with Crippen LogP contribution in [0.3, 0.4) is 0 Å². The summed E-state index contributed by atoms with van der Waals surface area (Å²) in [6, 6.07) is 3.74. The number of aromatic amines is 1. The summed E-state index contributed by atoms with van der Waals surface area (Å²) in [6.07, 6.45) is 6.43. The average molecular weight is 230 g/mol. The van der Waals surface area contributed by atoms with Gasteiger partial charge in [-0.25, -0.2) is 0 Å². The minimum absolute atomic E-state index is 0.000889. The minimum Gasteiger partial charge on any atom is -0.323 e. The summed E-state index contributed by atoms with van der Waals surface area (Å²) in [6.45, 7) is 1.97. The molecule has 2 heterocycles. The van der Waals surface area contributed by atoms with E-state index >= 15 is 0 Å². The maximum atomic E-state index is 11.5. The van der Waals surface area contributed by atoms with E-state index in [1.165, 1.54) is 0 Å². The van der Waals surface area contributed by atoms with Crippen molar-refractivity contribution < 1.29 is 4.79 Å². The van der Waals surface area contributed by atoms with Crippen molar-refractivity contribution in [2.75, 3.05) is 5.32 Å². The third-order valence-electron chi connectivity index (χ3n) is 2.33. The molecule has 0 aliphatic rings. The Morgan fingerprint density at radius 2 is 2.41 bits per heavy atom. The second-order valence-corrected chi connectivity index (χ2v) is 3.69. The van der Waals surface area contributed by atoms with Gasteiger partial charge < -0.3 is 5.32 Å². The van der Waals surface area contributed by atoms with Crippen LogP contribution in [0.25, 0.3) is 11.3 Å². The van der Waals surface area contributed by atoms with Crippen molar-refractivity contribution in [3.8, 4) is 11.3 Å². The lowest BCUT2D eigenvalue weighted by Crippen LogP contribution is -2.10. The van der Waals surface area contributed by atoms with Crippen molar-refractivity contribution in [3.63, 3.8) is 0 Å². The maximum Gasteiger partial charge on any atom is 0.224 e. The molecular weight excluding hydrogens is 216 g/mol. The van der Waals surface area contributed by atoms with E-state index in [-0.39, 0.29) is 5.91 Å². The van der Waals surface area contributed by atoms with Gasteiger partial charge in [0.05, 0.1) is 5.69 Å². The molecule has 2 rings (SSSR count). The van der Waals surface area contributed by atoms with Gasteiger partial charge in [-0.05, 0) is 18.6 Å². The zero-order valence-corrected chi connectivity index (χ0v) is 9.60. The number of carbonyl (C=O) groups is 1. The highest BCUT2D eigenvalue weighted by Gasteiger charge is 2.10. The second kappa shape index (κ2) is 5.25. The molecule has 5 heteroatoms. The fraction of sp³-hybridized carbons (Fsp3) is 0.250. The van der Waals surface area contributed by atoms with Gasteiger partial charge in [-0.3, -0.25) is 14.9 Å². The van der Waals surface area contributed by atoms with Crippen LogP contribution >= 0.6 is 0 Å². The smallest absolute Gasteiger partial charge is 0.224 e. The molecule has 0 aromatic carbocycles. The third kappa shape index (κ3) is 2.69. The Balaban J connectivity index is 2.20. The van der Waals surface area contributed by atoms with E-state index < -0.39 is 0 Å². The molecule has 0 radical (unpaired) electrons. The molecule has 0 fully saturated rings. The summed E-state index contributed by atoms with van der Waals surface area (Å²) in [5.41, 5.74) is 2.28. The highest BCUT2D eigenvalue weighted by molar-refractivity contribution is 5.94. The summed E-state index contributed by atoms with van der Waals surface area (Å²) in [7, 11) is 0. The molecule has 0 aliphatic heterocycles. The van der Waals surface area contributed by atoms with Crippen molar-refractivity contribution in [2.24, 2.45) is 0 Å². The SMILES string of the molecule is CCCC(=O)Nc1c[nH]nc1-c1cccnc1. The molecule has 2 aromatic heterocycles. The standard InChI is InChI=1S/C12H14N4O/c1-2-4-11(17)15-10-8-14-16-12(10)9-5-3-6-13-7-9/h3,5-8H,2,4H2,1H3,(H,14,16)(H,15,17). The molecule has 5 nitrogen and oxygen atoms in total.